The molecule has 0 radical (unpaired) electrons. The van der Waals surface area contributed by atoms with Crippen molar-refractivity contribution in [2.45, 2.75) is 38.3 Å². The molecule has 2 aromatic rings. The van der Waals surface area contributed by atoms with Crippen LogP contribution in [0.3, 0.4) is 0 Å². The molecule has 2 fully saturated rings. The lowest BCUT2D eigenvalue weighted by Crippen LogP contribution is -2.55. The SMILES string of the molecule is Cn1ccc(CC(=O)N2CCC[C@@H]3CN(Cc4cccs4)CC[C@H]32)c1. The van der Waals surface area contributed by atoms with Crippen LogP contribution in [0.2, 0.25) is 0 Å². The number of hydrogen-bond donors (Lipinski definition) is 0. The van der Waals surface area contributed by atoms with Crippen LogP contribution in [0.1, 0.15) is 29.7 Å². The Hall–Kier alpha value is -1.59. The van der Waals surface area contributed by atoms with Crippen molar-refractivity contribution >= 4 is 17.2 Å². The van der Waals surface area contributed by atoms with Crippen molar-refractivity contribution in [2.24, 2.45) is 13.0 Å². The number of carbonyl (C=O) groups excluding carboxylic acids is 1. The summed E-state index contributed by atoms with van der Waals surface area (Å²) in [5.41, 5.74) is 1.13. The molecule has 2 aliphatic rings. The summed E-state index contributed by atoms with van der Waals surface area (Å²) in [6.45, 7) is 4.25. The smallest absolute Gasteiger partial charge is 0.227 e. The van der Waals surface area contributed by atoms with Crippen molar-refractivity contribution in [3.8, 4) is 0 Å². The Balaban J connectivity index is 1.38. The number of likely N-dealkylation sites (tertiary alicyclic amines) is 2. The van der Waals surface area contributed by atoms with Crippen LogP contribution in [0.15, 0.2) is 36.0 Å². The van der Waals surface area contributed by atoms with E-state index in [4.69, 9.17) is 0 Å². The van der Waals surface area contributed by atoms with Gasteiger partial charge in [0.05, 0.1) is 6.42 Å². The van der Waals surface area contributed by atoms with Crippen LogP contribution in [-0.4, -0.2) is 46.0 Å². The Kier molecular flexibility index (Phi) is 4.95. The molecule has 4 rings (SSSR count). The predicted octanol–water partition coefficient (Wildman–Crippen LogP) is 3.14. The normalized spacial score (nSPS) is 24.3. The van der Waals surface area contributed by atoms with Gasteiger partial charge >= 0.3 is 0 Å². The summed E-state index contributed by atoms with van der Waals surface area (Å²) in [6, 6.07) is 6.87. The minimum atomic E-state index is 0.313. The summed E-state index contributed by atoms with van der Waals surface area (Å²) in [5, 5.41) is 2.16. The molecule has 0 aromatic carbocycles. The molecule has 0 N–H and O–H groups in total. The summed E-state index contributed by atoms with van der Waals surface area (Å²) < 4.78 is 2.02. The minimum absolute atomic E-state index is 0.313. The van der Waals surface area contributed by atoms with Crippen molar-refractivity contribution in [3.05, 3.63) is 46.4 Å². The van der Waals surface area contributed by atoms with Crippen LogP contribution in [0.4, 0.5) is 0 Å². The van der Waals surface area contributed by atoms with Crippen LogP contribution in [0.25, 0.3) is 0 Å². The molecule has 2 atom stereocenters. The average Bonchev–Trinajstić information content (AvgIpc) is 3.26. The second kappa shape index (κ2) is 7.34. The van der Waals surface area contributed by atoms with Gasteiger partial charge in [-0.25, -0.2) is 0 Å². The van der Waals surface area contributed by atoms with Crippen molar-refractivity contribution in [3.63, 3.8) is 0 Å². The first-order valence-electron chi connectivity index (χ1n) is 9.34. The van der Waals surface area contributed by atoms with E-state index in [2.05, 4.69) is 39.6 Å². The fraction of sp³-hybridized carbons (Fsp3) is 0.550. The lowest BCUT2D eigenvalue weighted by molar-refractivity contribution is -0.137. The van der Waals surface area contributed by atoms with Gasteiger partial charge < -0.3 is 9.47 Å². The Bertz CT molecular complexity index is 708. The van der Waals surface area contributed by atoms with Crippen molar-refractivity contribution < 1.29 is 4.79 Å². The van der Waals surface area contributed by atoms with Gasteiger partial charge in [0.2, 0.25) is 5.91 Å². The third-order valence-electron chi connectivity index (χ3n) is 5.68. The Labute approximate surface area is 154 Å². The van der Waals surface area contributed by atoms with E-state index in [-0.39, 0.29) is 0 Å². The first-order valence-corrected chi connectivity index (χ1v) is 10.2. The quantitative estimate of drug-likeness (QED) is 0.841. The van der Waals surface area contributed by atoms with Crippen LogP contribution >= 0.6 is 11.3 Å². The first-order chi connectivity index (χ1) is 12.2. The van der Waals surface area contributed by atoms with Gasteiger partial charge in [-0.3, -0.25) is 9.69 Å². The first kappa shape index (κ1) is 16.9. The third kappa shape index (κ3) is 3.82. The maximum Gasteiger partial charge on any atom is 0.227 e. The number of amides is 1. The summed E-state index contributed by atoms with van der Waals surface area (Å²) in [4.78, 5) is 19.1. The highest BCUT2D eigenvalue weighted by molar-refractivity contribution is 7.09. The van der Waals surface area contributed by atoms with E-state index in [0.717, 1.165) is 44.6 Å². The number of nitrogens with zero attached hydrogens (tertiary/aromatic N) is 3. The molecule has 134 valence electrons. The second-order valence-electron chi connectivity index (χ2n) is 7.52. The van der Waals surface area contributed by atoms with E-state index < -0.39 is 0 Å². The van der Waals surface area contributed by atoms with Gasteiger partial charge in [0.1, 0.15) is 0 Å². The third-order valence-corrected chi connectivity index (χ3v) is 6.54. The zero-order valence-electron chi connectivity index (χ0n) is 14.9. The Morgan fingerprint density at radius 2 is 2.20 bits per heavy atom. The fourth-order valence-corrected chi connectivity index (χ4v) is 5.24. The number of thiophene rings is 1. The fourth-order valence-electron chi connectivity index (χ4n) is 4.50. The van der Waals surface area contributed by atoms with Gasteiger partial charge in [-0.15, -0.1) is 11.3 Å². The molecule has 2 saturated heterocycles. The van der Waals surface area contributed by atoms with Gasteiger partial charge in [0, 0.05) is 56.5 Å². The summed E-state index contributed by atoms with van der Waals surface area (Å²) in [7, 11) is 2.01. The molecule has 25 heavy (non-hydrogen) atoms. The molecule has 2 aliphatic heterocycles. The molecular formula is C20H27N3OS. The number of fused-ring (bicyclic) bond motifs is 1. The van der Waals surface area contributed by atoms with Crippen LogP contribution < -0.4 is 0 Å². The number of piperidine rings is 2. The highest BCUT2D eigenvalue weighted by atomic mass is 32.1. The molecule has 0 aliphatic carbocycles. The van der Waals surface area contributed by atoms with Crippen molar-refractivity contribution in [1.82, 2.24) is 14.4 Å². The minimum Gasteiger partial charge on any atom is -0.357 e. The van der Waals surface area contributed by atoms with E-state index in [1.807, 2.05) is 29.1 Å². The maximum atomic E-state index is 12.9. The summed E-state index contributed by atoms with van der Waals surface area (Å²) in [6.07, 6.45) is 8.16. The van der Waals surface area contributed by atoms with Crippen LogP contribution in [0.5, 0.6) is 0 Å². The van der Waals surface area contributed by atoms with Gasteiger partial charge in [0.15, 0.2) is 0 Å². The molecule has 5 heteroatoms. The van der Waals surface area contributed by atoms with Crippen LogP contribution in [0, 0.1) is 5.92 Å². The second-order valence-corrected chi connectivity index (χ2v) is 8.55. The molecule has 2 aromatic heterocycles. The molecule has 0 spiro atoms. The zero-order chi connectivity index (χ0) is 17.2. The molecule has 0 saturated carbocycles. The van der Waals surface area contributed by atoms with E-state index >= 15 is 0 Å². The standard InChI is InChI=1S/C20H27N3OS/c1-21-9-6-16(13-21)12-20(24)23-8-2-4-17-14-22(10-7-19(17)23)15-18-5-3-11-25-18/h3,5-6,9,11,13,17,19H,2,4,7-8,10,12,14-15H2,1H3/t17-,19-/m1/s1. The average molecular weight is 358 g/mol. The van der Waals surface area contributed by atoms with E-state index in [0.29, 0.717) is 24.3 Å². The maximum absolute atomic E-state index is 12.9. The van der Waals surface area contributed by atoms with Gasteiger partial charge in [-0.1, -0.05) is 6.07 Å². The molecule has 4 heterocycles. The topological polar surface area (TPSA) is 28.5 Å². The molecule has 4 nitrogen and oxygen atoms in total. The van der Waals surface area contributed by atoms with Gasteiger partial charge in [-0.2, -0.15) is 0 Å². The molecule has 0 bridgehead atoms. The number of carbonyl (C=O) groups is 1. The van der Waals surface area contributed by atoms with E-state index in [1.165, 1.54) is 11.3 Å². The van der Waals surface area contributed by atoms with Gasteiger partial charge in [-0.05, 0) is 48.3 Å². The lowest BCUT2D eigenvalue weighted by Gasteiger charge is -2.47. The van der Waals surface area contributed by atoms with E-state index in [9.17, 15) is 4.79 Å². The summed E-state index contributed by atoms with van der Waals surface area (Å²) >= 11 is 1.85. The predicted molar refractivity (Wildman–Crippen MR) is 102 cm³/mol. The Morgan fingerprint density at radius 3 is 2.96 bits per heavy atom. The van der Waals surface area contributed by atoms with Gasteiger partial charge in [0.25, 0.3) is 0 Å². The summed E-state index contributed by atoms with van der Waals surface area (Å²) in [5.74, 6) is 0.954. The molecule has 1 amide bonds. The van der Waals surface area contributed by atoms with E-state index in [1.54, 1.807) is 0 Å². The number of rotatable bonds is 4. The van der Waals surface area contributed by atoms with Crippen molar-refractivity contribution in [1.29, 1.82) is 0 Å². The lowest BCUT2D eigenvalue weighted by atomic mass is 9.83. The van der Waals surface area contributed by atoms with Crippen molar-refractivity contribution in [2.75, 3.05) is 19.6 Å². The molecular weight excluding hydrogens is 330 g/mol. The highest BCUT2D eigenvalue weighted by Crippen LogP contribution is 2.32. The largest absolute Gasteiger partial charge is 0.357 e. The highest BCUT2D eigenvalue weighted by Gasteiger charge is 2.37. The van der Waals surface area contributed by atoms with Crippen LogP contribution in [-0.2, 0) is 24.8 Å². The molecule has 0 unspecified atom stereocenters. The number of hydrogen-bond acceptors (Lipinski definition) is 3. The number of aromatic nitrogens is 1. The zero-order valence-corrected chi connectivity index (χ0v) is 15.8. The number of aryl methyl sites for hydroxylation is 1. The Morgan fingerprint density at radius 1 is 1.28 bits per heavy atom. The monoisotopic (exact) mass is 357 g/mol.